The van der Waals surface area contributed by atoms with Gasteiger partial charge in [0.05, 0.1) is 13.7 Å². The minimum Gasteiger partial charge on any atom is -0.491 e. The summed E-state index contributed by atoms with van der Waals surface area (Å²) in [5.41, 5.74) is 0.453. The fraction of sp³-hybridized carbons (Fsp3) is 0.367. The van der Waals surface area contributed by atoms with Gasteiger partial charge in [0.2, 0.25) is 11.8 Å². The average molecular weight is 613 g/mol. The van der Waals surface area contributed by atoms with E-state index in [1.165, 1.54) is 12.5 Å². The minimum atomic E-state index is -1.21. The van der Waals surface area contributed by atoms with Crippen LogP contribution in [0.5, 0.6) is 5.75 Å². The second kappa shape index (κ2) is 15.7. The number of benzene rings is 2. The first-order chi connectivity index (χ1) is 20.5. The van der Waals surface area contributed by atoms with E-state index in [2.05, 4.69) is 25.7 Å². The molecule has 2 atom stereocenters. The molecule has 1 unspecified atom stereocenters. The highest BCUT2D eigenvalue weighted by atomic mass is 32.1. The summed E-state index contributed by atoms with van der Waals surface area (Å²) in [5, 5.41) is 9.65. The number of hydrogen-bond acceptors (Lipinski definition) is 10. The standard InChI is InChI=1S/C30H36N4O8S/c1-30(2,3)42-29(38)33-24(20-11-13-21(14-12-20)41-16-15-39-4)26(36)31-22(17-19-9-7-6-8-10-19)25(35)34-28-32-23(18-43-28)27(37)40-5/h6-14,18,22,24H,15-17H2,1-5H3,(H,31,36)(H,33,38)(H,32,34,35)/t22-,24?/m0/s1. The summed E-state index contributed by atoms with van der Waals surface area (Å²) in [5.74, 6) is -1.31. The fourth-order valence-electron chi connectivity index (χ4n) is 3.76. The van der Waals surface area contributed by atoms with E-state index < -0.39 is 41.6 Å². The van der Waals surface area contributed by atoms with Crippen molar-refractivity contribution in [2.24, 2.45) is 0 Å². The number of alkyl carbamates (subject to hydrolysis) is 1. The summed E-state index contributed by atoms with van der Waals surface area (Å²) >= 11 is 1.04. The van der Waals surface area contributed by atoms with E-state index in [1.807, 2.05) is 30.3 Å². The fourth-order valence-corrected chi connectivity index (χ4v) is 4.44. The number of thiazole rings is 1. The summed E-state index contributed by atoms with van der Waals surface area (Å²) in [6, 6.07) is 13.4. The Morgan fingerprint density at radius 1 is 0.907 bits per heavy atom. The van der Waals surface area contributed by atoms with Crippen LogP contribution in [0.1, 0.15) is 48.4 Å². The number of aromatic nitrogens is 1. The third-order valence-corrected chi connectivity index (χ3v) is 6.50. The zero-order valence-corrected chi connectivity index (χ0v) is 25.5. The molecule has 0 radical (unpaired) electrons. The van der Waals surface area contributed by atoms with Crippen molar-refractivity contribution in [1.82, 2.24) is 15.6 Å². The molecule has 1 aromatic heterocycles. The van der Waals surface area contributed by atoms with Crippen molar-refractivity contribution in [1.29, 1.82) is 0 Å². The van der Waals surface area contributed by atoms with Gasteiger partial charge in [0.15, 0.2) is 10.8 Å². The predicted octanol–water partition coefficient (Wildman–Crippen LogP) is 3.89. The number of amides is 3. The summed E-state index contributed by atoms with van der Waals surface area (Å²) < 4.78 is 20.7. The van der Waals surface area contributed by atoms with Crippen LogP contribution in [0.25, 0.3) is 0 Å². The van der Waals surface area contributed by atoms with Crippen LogP contribution in [0, 0.1) is 0 Å². The van der Waals surface area contributed by atoms with Crippen LogP contribution in [-0.4, -0.2) is 67.9 Å². The van der Waals surface area contributed by atoms with Gasteiger partial charge in [0, 0.05) is 18.9 Å². The maximum absolute atomic E-state index is 13.7. The van der Waals surface area contributed by atoms with E-state index in [-0.39, 0.29) is 17.2 Å². The molecule has 0 aliphatic heterocycles. The number of carbonyl (C=O) groups excluding carboxylic acids is 4. The monoisotopic (exact) mass is 612 g/mol. The average Bonchev–Trinajstić information content (AvgIpc) is 3.43. The topological polar surface area (TPSA) is 154 Å². The number of hydrogen-bond donors (Lipinski definition) is 3. The molecule has 43 heavy (non-hydrogen) atoms. The molecule has 2 aromatic carbocycles. The van der Waals surface area contributed by atoms with Crippen molar-refractivity contribution in [3.05, 3.63) is 76.8 Å². The number of esters is 1. The van der Waals surface area contributed by atoms with Crippen molar-refractivity contribution < 1.29 is 38.1 Å². The molecule has 0 spiro atoms. The normalized spacial score (nSPS) is 12.4. The smallest absolute Gasteiger partial charge is 0.408 e. The molecule has 0 saturated heterocycles. The predicted molar refractivity (Wildman–Crippen MR) is 160 cm³/mol. The Morgan fingerprint density at radius 3 is 2.23 bits per heavy atom. The molecule has 0 saturated carbocycles. The van der Waals surface area contributed by atoms with Crippen LogP contribution in [0.3, 0.4) is 0 Å². The molecule has 0 fully saturated rings. The van der Waals surface area contributed by atoms with Gasteiger partial charge >= 0.3 is 12.1 Å². The van der Waals surface area contributed by atoms with E-state index in [1.54, 1.807) is 52.1 Å². The Hall–Kier alpha value is -4.49. The summed E-state index contributed by atoms with van der Waals surface area (Å²) in [6.45, 7) is 5.87. The van der Waals surface area contributed by atoms with Gasteiger partial charge in [-0.05, 0) is 44.0 Å². The van der Waals surface area contributed by atoms with E-state index in [0.29, 0.717) is 24.5 Å². The Labute approximate surface area is 254 Å². The molecule has 3 N–H and O–H groups in total. The number of rotatable bonds is 13. The lowest BCUT2D eigenvalue weighted by Gasteiger charge is -2.25. The van der Waals surface area contributed by atoms with E-state index in [0.717, 1.165) is 16.9 Å². The maximum Gasteiger partial charge on any atom is 0.408 e. The van der Waals surface area contributed by atoms with Gasteiger partial charge in [0.1, 0.15) is 30.0 Å². The highest BCUT2D eigenvalue weighted by Crippen LogP contribution is 2.21. The van der Waals surface area contributed by atoms with Crippen LogP contribution in [0.4, 0.5) is 9.93 Å². The largest absolute Gasteiger partial charge is 0.491 e. The Bertz CT molecular complexity index is 1370. The third kappa shape index (κ3) is 10.7. The lowest BCUT2D eigenvalue weighted by molar-refractivity contribution is -0.128. The number of ether oxygens (including phenoxy) is 4. The van der Waals surface area contributed by atoms with E-state index in [9.17, 15) is 19.2 Å². The third-order valence-electron chi connectivity index (χ3n) is 5.74. The van der Waals surface area contributed by atoms with Crippen molar-refractivity contribution in [3.8, 4) is 5.75 Å². The summed E-state index contributed by atoms with van der Waals surface area (Å²) in [7, 11) is 2.80. The molecule has 12 nitrogen and oxygen atoms in total. The number of nitrogens with one attached hydrogen (secondary N) is 3. The Morgan fingerprint density at radius 2 is 1.60 bits per heavy atom. The summed E-state index contributed by atoms with van der Waals surface area (Å²) in [6.07, 6.45) is -0.672. The molecule has 3 amide bonds. The Balaban J connectivity index is 1.86. The summed E-state index contributed by atoms with van der Waals surface area (Å²) in [4.78, 5) is 55.8. The van der Waals surface area contributed by atoms with Gasteiger partial charge in [-0.1, -0.05) is 42.5 Å². The highest BCUT2D eigenvalue weighted by Gasteiger charge is 2.30. The van der Waals surface area contributed by atoms with Gasteiger partial charge < -0.3 is 34.9 Å². The first-order valence-electron chi connectivity index (χ1n) is 13.4. The molecule has 1 heterocycles. The van der Waals surface area contributed by atoms with E-state index >= 15 is 0 Å². The minimum absolute atomic E-state index is 0.0442. The molecule has 0 aliphatic carbocycles. The molecular weight excluding hydrogens is 576 g/mol. The van der Waals surface area contributed by atoms with Crippen LogP contribution in [0.2, 0.25) is 0 Å². The molecule has 0 aliphatic rings. The molecule has 13 heteroatoms. The number of nitrogens with zero attached hydrogens (tertiary/aromatic N) is 1. The van der Waals surface area contributed by atoms with Gasteiger partial charge in [-0.15, -0.1) is 11.3 Å². The lowest BCUT2D eigenvalue weighted by atomic mass is 10.0. The quantitative estimate of drug-likeness (QED) is 0.193. The molecular formula is C30H36N4O8S. The van der Waals surface area contributed by atoms with Crippen LogP contribution in [0.15, 0.2) is 60.0 Å². The van der Waals surface area contributed by atoms with Crippen molar-refractivity contribution in [3.63, 3.8) is 0 Å². The zero-order chi connectivity index (χ0) is 31.4. The molecule has 230 valence electrons. The molecule has 3 rings (SSSR count). The zero-order valence-electron chi connectivity index (χ0n) is 24.7. The number of methoxy groups -OCH3 is 2. The number of carbonyl (C=O) groups is 4. The second-order valence-electron chi connectivity index (χ2n) is 10.3. The van der Waals surface area contributed by atoms with Crippen LogP contribution >= 0.6 is 11.3 Å². The number of anilines is 1. The second-order valence-corrected chi connectivity index (χ2v) is 11.1. The van der Waals surface area contributed by atoms with Crippen molar-refractivity contribution in [2.75, 3.05) is 32.8 Å². The highest BCUT2D eigenvalue weighted by molar-refractivity contribution is 7.14. The van der Waals surface area contributed by atoms with Crippen LogP contribution < -0.4 is 20.7 Å². The lowest BCUT2D eigenvalue weighted by Crippen LogP contribution is -2.50. The van der Waals surface area contributed by atoms with E-state index in [4.69, 9.17) is 14.2 Å². The van der Waals surface area contributed by atoms with Gasteiger partial charge in [-0.25, -0.2) is 14.6 Å². The van der Waals surface area contributed by atoms with Crippen molar-refractivity contribution in [2.45, 2.75) is 44.9 Å². The van der Waals surface area contributed by atoms with Gasteiger partial charge in [-0.2, -0.15) is 0 Å². The van der Waals surface area contributed by atoms with Crippen LogP contribution in [-0.2, 0) is 30.2 Å². The first kappa shape index (κ1) is 33.0. The Kier molecular flexibility index (Phi) is 12.0. The SMILES string of the molecule is COCCOc1ccc(C(NC(=O)OC(C)(C)C)C(=O)N[C@@H](Cc2ccccc2)C(=O)Nc2nc(C(=O)OC)cs2)cc1. The molecule has 0 bridgehead atoms. The van der Waals surface area contributed by atoms with Gasteiger partial charge in [0.25, 0.3) is 0 Å². The molecule has 3 aromatic rings. The van der Waals surface area contributed by atoms with Gasteiger partial charge in [-0.3, -0.25) is 9.59 Å². The maximum atomic E-state index is 13.7. The first-order valence-corrected chi connectivity index (χ1v) is 14.3. The van der Waals surface area contributed by atoms with Crippen molar-refractivity contribution >= 4 is 40.3 Å².